The molecule has 1 heterocycles. The fraction of sp³-hybridized carbons (Fsp3) is 0.286. The van der Waals surface area contributed by atoms with E-state index in [0.717, 1.165) is 12.0 Å². The molecule has 4 heteroatoms. The highest BCUT2D eigenvalue weighted by molar-refractivity contribution is 5.96. The summed E-state index contributed by atoms with van der Waals surface area (Å²) in [5.74, 6) is 0.294. The highest BCUT2D eigenvalue weighted by Crippen LogP contribution is 2.54. The van der Waals surface area contributed by atoms with Gasteiger partial charge in [-0.1, -0.05) is 84.9 Å². The molecule has 160 valence electrons. The molecule has 2 fully saturated rings. The minimum atomic E-state index is -0.500. The Kier molecular flexibility index (Phi) is 4.60. The molecule has 6 rings (SSSR count). The van der Waals surface area contributed by atoms with E-state index in [0.29, 0.717) is 12.3 Å². The number of hydrogen-bond acceptors (Lipinski definition) is 3. The number of allylic oxidation sites excluding steroid dienone is 2. The van der Waals surface area contributed by atoms with Crippen molar-refractivity contribution in [2.45, 2.75) is 24.8 Å². The van der Waals surface area contributed by atoms with E-state index in [9.17, 15) is 9.59 Å². The first-order chi connectivity index (χ1) is 15.7. The molecule has 0 spiro atoms. The van der Waals surface area contributed by atoms with Crippen LogP contribution in [0.2, 0.25) is 0 Å². The summed E-state index contributed by atoms with van der Waals surface area (Å²) in [5.41, 5.74) is 2.29. The van der Waals surface area contributed by atoms with Crippen LogP contribution in [0.3, 0.4) is 0 Å². The largest absolute Gasteiger partial charge is 0.447 e. The van der Waals surface area contributed by atoms with Crippen LogP contribution in [0.4, 0.5) is 4.79 Å². The molecule has 5 unspecified atom stereocenters. The second-order valence-electron chi connectivity index (χ2n) is 9.24. The third-order valence-corrected chi connectivity index (χ3v) is 7.42. The van der Waals surface area contributed by atoms with Crippen molar-refractivity contribution in [2.24, 2.45) is 17.8 Å². The topological polar surface area (TPSA) is 46.6 Å². The lowest BCUT2D eigenvalue weighted by Crippen LogP contribution is -2.46. The Balaban J connectivity index is 1.33. The molecule has 2 bridgehead atoms. The second kappa shape index (κ2) is 7.63. The van der Waals surface area contributed by atoms with Crippen molar-refractivity contribution in [3.63, 3.8) is 0 Å². The quantitative estimate of drug-likeness (QED) is 0.533. The maximum absolute atomic E-state index is 13.9. The fourth-order valence-electron chi connectivity index (χ4n) is 5.96. The fourth-order valence-corrected chi connectivity index (χ4v) is 5.96. The van der Waals surface area contributed by atoms with Crippen LogP contribution in [-0.4, -0.2) is 29.5 Å². The van der Waals surface area contributed by atoms with E-state index in [-0.39, 0.29) is 36.3 Å². The van der Waals surface area contributed by atoms with Crippen molar-refractivity contribution in [3.05, 3.63) is 96.1 Å². The Hall–Kier alpha value is -3.40. The summed E-state index contributed by atoms with van der Waals surface area (Å²) in [5, 5.41) is 2.38. The zero-order valence-corrected chi connectivity index (χ0v) is 17.8. The molecule has 1 saturated carbocycles. The Morgan fingerprint density at radius 2 is 1.66 bits per heavy atom. The van der Waals surface area contributed by atoms with Crippen LogP contribution in [0.5, 0.6) is 0 Å². The molecule has 1 aliphatic heterocycles. The van der Waals surface area contributed by atoms with Crippen LogP contribution in [0.25, 0.3) is 10.8 Å². The number of amides is 2. The molecule has 4 nitrogen and oxygen atoms in total. The van der Waals surface area contributed by atoms with Crippen LogP contribution < -0.4 is 0 Å². The van der Waals surface area contributed by atoms with E-state index in [4.69, 9.17) is 4.74 Å². The molecule has 5 atom stereocenters. The molecule has 1 saturated heterocycles. The summed E-state index contributed by atoms with van der Waals surface area (Å²) < 4.78 is 5.36. The lowest BCUT2D eigenvalue weighted by atomic mass is 9.77. The standard InChI is InChI=1S/C28H25NO3/c30-27(29-24(17-32-28(29)31)14-18-6-2-1-3-7-18)26-23-13-12-22(16-23)25(26)21-11-10-19-8-4-5-9-20(19)15-21/h1-13,15,22-26H,14,16-17H2. The first-order valence-corrected chi connectivity index (χ1v) is 11.4. The number of nitrogens with zero attached hydrogens (tertiary/aromatic N) is 1. The first kappa shape index (κ1) is 19.3. The van der Waals surface area contributed by atoms with E-state index in [1.165, 1.54) is 21.2 Å². The number of carbonyl (C=O) groups is 2. The van der Waals surface area contributed by atoms with Crippen molar-refractivity contribution in [1.29, 1.82) is 0 Å². The Bertz CT molecular complexity index is 1220. The normalized spacial score (nSPS) is 28.4. The summed E-state index contributed by atoms with van der Waals surface area (Å²) in [4.78, 5) is 28.0. The molecule has 0 aromatic heterocycles. The molecule has 3 aromatic carbocycles. The number of cyclic esters (lactones) is 1. The van der Waals surface area contributed by atoms with Gasteiger partial charge in [0, 0.05) is 5.92 Å². The minimum absolute atomic E-state index is 0.0801. The van der Waals surface area contributed by atoms with Crippen molar-refractivity contribution in [1.82, 2.24) is 4.90 Å². The summed E-state index contributed by atoms with van der Waals surface area (Å²) in [6.07, 6.45) is 5.53. The van der Waals surface area contributed by atoms with E-state index in [1.807, 2.05) is 42.5 Å². The van der Waals surface area contributed by atoms with Gasteiger partial charge in [-0.15, -0.1) is 0 Å². The SMILES string of the molecule is O=C1OCC(Cc2ccccc2)N1C(=O)C1C2C=CC(C2)C1c1ccc2ccccc2c1. The summed E-state index contributed by atoms with van der Waals surface area (Å²) in [6, 6.07) is 24.6. The minimum Gasteiger partial charge on any atom is -0.447 e. The van der Waals surface area contributed by atoms with Gasteiger partial charge >= 0.3 is 6.09 Å². The van der Waals surface area contributed by atoms with E-state index < -0.39 is 6.09 Å². The Morgan fingerprint density at radius 1 is 0.906 bits per heavy atom. The van der Waals surface area contributed by atoms with Gasteiger partial charge in [0.25, 0.3) is 0 Å². The molecule has 2 amide bonds. The number of imide groups is 1. The Morgan fingerprint density at radius 3 is 2.50 bits per heavy atom. The lowest BCUT2D eigenvalue weighted by molar-refractivity contribution is -0.134. The number of benzene rings is 3. The van der Waals surface area contributed by atoms with Gasteiger partial charge in [-0.25, -0.2) is 9.69 Å². The van der Waals surface area contributed by atoms with Crippen molar-refractivity contribution < 1.29 is 14.3 Å². The van der Waals surface area contributed by atoms with Crippen LogP contribution in [0, 0.1) is 17.8 Å². The highest BCUT2D eigenvalue weighted by Gasteiger charge is 2.52. The third kappa shape index (κ3) is 3.13. The van der Waals surface area contributed by atoms with E-state index in [2.05, 4.69) is 42.5 Å². The molecule has 2 aliphatic carbocycles. The van der Waals surface area contributed by atoms with Crippen LogP contribution >= 0.6 is 0 Å². The van der Waals surface area contributed by atoms with Crippen molar-refractivity contribution in [2.75, 3.05) is 6.61 Å². The average Bonchev–Trinajstić information content (AvgIpc) is 3.54. The van der Waals surface area contributed by atoms with Crippen LogP contribution in [0.15, 0.2) is 84.9 Å². The number of ether oxygens (including phenoxy) is 1. The molecule has 0 radical (unpaired) electrons. The summed E-state index contributed by atoms with van der Waals surface area (Å²) in [7, 11) is 0. The highest BCUT2D eigenvalue weighted by atomic mass is 16.6. The molecule has 0 N–H and O–H groups in total. The number of fused-ring (bicyclic) bond motifs is 3. The number of hydrogen-bond donors (Lipinski definition) is 0. The van der Waals surface area contributed by atoms with Gasteiger partial charge in [0.1, 0.15) is 6.61 Å². The van der Waals surface area contributed by atoms with E-state index in [1.54, 1.807) is 0 Å². The lowest BCUT2D eigenvalue weighted by Gasteiger charge is -2.31. The average molecular weight is 424 g/mol. The molecule has 32 heavy (non-hydrogen) atoms. The summed E-state index contributed by atoms with van der Waals surface area (Å²) in [6.45, 7) is 0.261. The van der Waals surface area contributed by atoms with Crippen LogP contribution in [0.1, 0.15) is 23.5 Å². The smallest absolute Gasteiger partial charge is 0.416 e. The zero-order valence-electron chi connectivity index (χ0n) is 17.8. The number of rotatable bonds is 4. The Labute approximate surface area is 187 Å². The second-order valence-corrected chi connectivity index (χ2v) is 9.24. The molecular weight excluding hydrogens is 398 g/mol. The molecule has 3 aromatic rings. The van der Waals surface area contributed by atoms with Gasteiger partial charge in [-0.05, 0) is 46.6 Å². The van der Waals surface area contributed by atoms with E-state index >= 15 is 0 Å². The van der Waals surface area contributed by atoms with Crippen molar-refractivity contribution in [3.8, 4) is 0 Å². The number of carbonyl (C=O) groups excluding carboxylic acids is 2. The predicted molar refractivity (Wildman–Crippen MR) is 123 cm³/mol. The van der Waals surface area contributed by atoms with Gasteiger partial charge in [0.2, 0.25) is 5.91 Å². The van der Waals surface area contributed by atoms with Crippen LogP contribution in [-0.2, 0) is 16.0 Å². The monoisotopic (exact) mass is 423 g/mol. The van der Waals surface area contributed by atoms with Gasteiger partial charge in [0.15, 0.2) is 0 Å². The zero-order chi connectivity index (χ0) is 21.7. The van der Waals surface area contributed by atoms with Gasteiger partial charge in [-0.2, -0.15) is 0 Å². The van der Waals surface area contributed by atoms with Gasteiger partial charge in [-0.3, -0.25) is 4.79 Å². The predicted octanol–water partition coefficient (Wildman–Crippen LogP) is 5.34. The third-order valence-electron chi connectivity index (χ3n) is 7.42. The van der Waals surface area contributed by atoms with Crippen molar-refractivity contribution >= 4 is 22.8 Å². The maximum Gasteiger partial charge on any atom is 0.416 e. The first-order valence-electron chi connectivity index (χ1n) is 11.4. The molecule has 3 aliphatic rings. The van der Waals surface area contributed by atoms with Gasteiger partial charge < -0.3 is 4.74 Å². The summed E-state index contributed by atoms with van der Waals surface area (Å²) >= 11 is 0. The van der Waals surface area contributed by atoms with Gasteiger partial charge in [0.05, 0.1) is 12.0 Å². The maximum atomic E-state index is 13.9. The molecular formula is C28H25NO3.